The third-order valence-corrected chi connectivity index (χ3v) is 5.29. The molecule has 0 bridgehead atoms. The minimum Gasteiger partial charge on any atom is -0.376 e. The van der Waals surface area contributed by atoms with Crippen molar-refractivity contribution in [2.24, 2.45) is 5.92 Å². The first-order valence-electron chi connectivity index (χ1n) is 7.22. The van der Waals surface area contributed by atoms with Gasteiger partial charge in [-0.2, -0.15) is 0 Å². The lowest BCUT2D eigenvalue weighted by molar-refractivity contribution is -0.0782. The van der Waals surface area contributed by atoms with E-state index in [1.807, 2.05) is 23.9 Å². The smallest absolute Gasteiger partial charge is 0.0952 e. The van der Waals surface area contributed by atoms with Gasteiger partial charge in [-0.3, -0.25) is 0 Å². The lowest BCUT2D eigenvalue weighted by Gasteiger charge is -2.39. The van der Waals surface area contributed by atoms with Crippen LogP contribution in [0.25, 0.3) is 0 Å². The molecule has 0 saturated carbocycles. The van der Waals surface area contributed by atoms with Crippen molar-refractivity contribution in [3.63, 3.8) is 0 Å². The van der Waals surface area contributed by atoms with Crippen LogP contribution in [0.5, 0.6) is 0 Å². The van der Waals surface area contributed by atoms with E-state index in [4.69, 9.17) is 4.74 Å². The fourth-order valence-electron chi connectivity index (χ4n) is 3.26. The van der Waals surface area contributed by atoms with Crippen molar-refractivity contribution in [3.8, 4) is 0 Å². The van der Waals surface area contributed by atoms with E-state index in [1.54, 1.807) is 0 Å². The first kappa shape index (κ1) is 13.8. The number of ether oxygens (including phenoxy) is 1. The normalized spacial score (nSPS) is 23.6. The molecule has 1 aliphatic heterocycles. The Bertz CT molecular complexity index is 559. The van der Waals surface area contributed by atoms with Crippen LogP contribution in [0.1, 0.15) is 43.2 Å². The summed E-state index contributed by atoms with van der Waals surface area (Å²) in [6, 6.07) is 2.61. The van der Waals surface area contributed by atoms with Crippen molar-refractivity contribution in [2.45, 2.75) is 45.3 Å². The fraction of sp³-hybridized carbons (Fsp3) is 0.562. The summed E-state index contributed by atoms with van der Waals surface area (Å²) < 4.78 is 8.16. The van der Waals surface area contributed by atoms with Crippen LogP contribution >= 0.6 is 11.3 Å². The van der Waals surface area contributed by atoms with Gasteiger partial charge in [0.05, 0.1) is 18.0 Å². The average Bonchev–Trinajstić information content (AvgIpc) is 3.02. The van der Waals surface area contributed by atoms with E-state index >= 15 is 0 Å². The van der Waals surface area contributed by atoms with Crippen LogP contribution < -0.4 is 0 Å². The van der Waals surface area contributed by atoms with Gasteiger partial charge < -0.3 is 9.30 Å². The zero-order valence-electron chi connectivity index (χ0n) is 12.4. The van der Waals surface area contributed by atoms with E-state index < -0.39 is 0 Å². The highest BCUT2D eigenvalue weighted by atomic mass is 32.1. The highest BCUT2D eigenvalue weighted by molar-refractivity contribution is 7.10. The van der Waals surface area contributed by atoms with Crippen LogP contribution in [0.4, 0.5) is 0 Å². The summed E-state index contributed by atoms with van der Waals surface area (Å²) in [4.78, 5) is 5.71. The van der Waals surface area contributed by atoms with Crippen LogP contribution in [-0.2, 0) is 4.74 Å². The zero-order chi connectivity index (χ0) is 14.2. The van der Waals surface area contributed by atoms with Crippen molar-refractivity contribution in [1.82, 2.24) is 9.55 Å². The van der Waals surface area contributed by atoms with Gasteiger partial charge in [0.2, 0.25) is 0 Å². The van der Waals surface area contributed by atoms with Crippen molar-refractivity contribution >= 4 is 11.3 Å². The molecule has 1 saturated heterocycles. The van der Waals surface area contributed by atoms with E-state index in [9.17, 15) is 0 Å². The van der Waals surface area contributed by atoms with Gasteiger partial charge in [0.15, 0.2) is 0 Å². The molecule has 0 aliphatic carbocycles. The van der Waals surface area contributed by atoms with Crippen molar-refractivity contribution in [1.29, 1.82) is 0 Å². The second-order valence-corrected chi connectivity index (χ2v) is 7.23. The van der Waals surface area contributed by atoms with Gasteiger partial charge in [-0.1, -0.05) is 0 Å². The fourth-order valence-corrected chi connectivity index (χ4v) is 4.39. The molecule has 3 rings (SSSR count). The number of hydrogen-bond acceptors (Lipinski definition) is 3. The van der Waals surface area contributed by atoms with Crippen LogP contribution in [0, 0.1) is 12.8 Å². The number of hydrogen-bond donors (Lipinski definition) is 0. The molecule has 0 amide bonds. The number of thiophene rings is 1. The minimum absolute atomic E-state index is 0.0209. The Kier molecular flexibility index (Phi) is 3.69. The average molecular weight is 290 g/mol. The Balaban J connectivity index is 1.96. The highest BCUT2D eigenvalue weighted by Crippen LogP contribution is 2.41. The quantitative estimate of drug-likeness (QED) is 0.852. The summed E-state index contributed by atoms with van der Waals surface area (Å²) in [7, 11) is 0. The zero-order valence-corrected chi connectivity index (χ0v) is 13.2. The van der Waals surface area contributed by atoms with E-state index in [0.29, 0.717) is 12.0 Å². The molecule has 0 N–H and O–H groups in total. The SMILES string of the molecule is Cc1ccsc1C(C1CCOC(C)(C)C1)n1ccnc1. The molecule has 2 aromatic rings. The second-order valence-electron chi connectivity index (χ2n) is 6.28. The lowest BCUT2D eigenvalue weighted by Crippen LogP contribution is -2.37. The molecular weight excluding hydrogens is 268 g/mol. The summed E-state index contributed by atoms with van der Waals surface area (Å²) in [5.41, 5.74) is 1.37. The summed E-state index contributed by atoms with van der Waals surface area (Å²) in [5.74, 6) is 0.602. The van der Waals surface area contributed by atoms with E-state index in [1.165, 1.54) is 10.4 Å². The predicted octanol–water partition coefficient (Wildman–Crippen LogP) is 4.05. The van der Waals surface area contributed by atoms with Gasteiger partial charge >= 0.3 is 0 Å². The van der Waals surface area contributed by atoms with Crippen molar-refractivity contribution in [2.75, 3.05) is 6.61 Å². The Labute approximate surface area is 124 Å². The number of rotatable bonds is 3. The molecule has 0 aromatic carbocycles. The molecule has 3 heterocycles. The molecule has 1 fully saturated rings. The van der Waals surface area contributed by atoms with E-state index in [2.05, 4.69) is 48.0 Å². The number of nitrogens with zero attached hydrogens (tertiary/aromatic N) is 2. The molecule has 0 radical (unpaired) electrons. The van der Waals surface area contributed by atoms with Crippen LogP contribution in [0.2, 0.25) is 0 Å². The molecule has 2 atom stereocenters. The van der Waals surface area contributed by atoms with Crippen LogP contribution in [0.15, 0.2) is 30.2 Å². The van der Waals surface area contributed by atoms with Gasteiger partial charge in [0.25, 0.3) is 0 Å². The summed E-state index contributed by atoms with van der Waals surface area (Å²) in [5, 5.41) is 2.19. The number of aryl methyl sites for hydroxylation is 1. The Morgan fingerprint density at radius 2 is 2.35 bits per heavy atom. The summed E-state index contributed by atoms with van der Waals surface area (Å²) >= 11 is 1.86. The number of aromatic nitrogens is 2. The molecule has 4 heteroatoms. The second kappa shape index (κ2) is 5.34. The van der Waals surface area contributed by atoms with Crippen LogP contribution in [0.3, 0.4) is 0 Å². The van der Waals surface area contributed by atoms with Crippen molar-refractivity contribution < 1.29 is 4.74 Å². The van der Waals surface area contributed by atoms with Crippen LogP contribution in [-0.4, -0.2) is 21.8 Å². The summed E-state index contributed by atoms with van der Waals surface area (Å²) in [6.07, 6.45) is 8.12. The van der Waals surface area contributed by atoms with Gasteiger partial charge in [0, 0.05) is 23.9 Å². The maximum atomic E-state index is 5.89. The molecule has 1 aliphatic rings. The monoisotopic (exact) mass is 290 g/mol. The van der Waals surface area contributed by atoms with E-state index in [0.717, 1.165) is 19.4 Å². The highest BCUT2D eigenvalue weighted by Gasteiger charge is 2.35. The molecule has 0 spiro atoms. The molecule has 108 valence electrons. The standard InChI is InChI=1S/C16H22N2OS/c1-12-5-9-20-15(12)14(18-7-6-17-11-18)13-4-8-19-16(2,3)10-13/h5-7,9,11,13-14H,4,8,10H2,1-3H3. The van der Waals surface area contributed by atoms with Crippen molar-refractivity contribution in [3.05, 3.63) is 40.6 Å². The Hall–Kier alpha value is -1.13. The predicted molar refractivity (Wildman–Crippen MR) is 82.2 cm³/mol. The Morgan fingerprint density at radius 1 is 1.50 bits per heavy atom. The third kappa shape index (κ3) is 2.67. The maximum absolute atomic E-state index is 5.89. The van der Waals surface area contributed by atoms with E-state index in [-0.39, 0.29) is 5.60 Å². The Morgan fingerprint density at radius 3 is 2.95 bits per heavy atom. The third-order valence-electron chi connectivity index (χ3n) is 4.20. The largest absolute Gasteiger partial charge is 0.376 e. The molecule has 2 aromatic heterocycles. The number of imidazole rings is 1. The van der Waals surface area contributed by atoms with Gasteiger partial charge in [0.1, 0.15) is 0 Å². The topological polar surface area (TPSA) is 27.1 Å². The maximum Gasteiger partial charge on any atom is 0.0952 e. The lowest BCUT2D eigenvalue weighted by atomic mass is 9.82. The van der Waals surface area contributed by atoms with Gasteiger partial charge in [-0.25, -0.2) is 4.98 Å². The van der Waals surface area contributed by atoms with Gasteiger partial charge in [-0.15, -0.1) is 11.3 Å². The minimum atomic E-state index is -0.0209. The summed E-state index contributed by atoms with van der Waals surface area (Å²) in [6.45, 7) is 7.46. The molecule has 20 heavy (non-hydrogen) atoms. The first-order chi connectivity index (χ1) is 9.57. The molecule has 2 unspecified atom stereocenters. The van der Waals surface area contributed by atoms with Gasteiger partial charge in [-0.05, 0) is 56.5 Å². The molecule has 3 nitrogen and oxygen atoms in total. The first-order valence-corrected chi connectivity index (χ1v) is 8.10. The molecular formula is C16H22N2OS.